The first-order chi connectivity index (χ1) is 9.31. The van der Waals surface area contributed by atoms with Crippen molar-refractivity contribution in [2.24, 2.45) is 0 Å². The van der Waals surface area contributed by atoms with Crippen molar-refractivity contribution in [2.75, 3.05) is 11.1 Å². The predicted molar refractivity (Wildman–Crippen MR) is 72.0 cm³/mol. The maximum Gasteiger partial charge on any atom is 0.257 e. The van der Waals surface area contributed by atoms with E-state index in [0.717, 1.165) is 11.1 Å². The molecule has 7 heteroatoms. The molecule has 0 bridgehead atoms. The second-order valence-corrected chi connectivity index (χ2v) is 4.65. The van der Waals surface area contributed by atoms with Crippen molar-refractivity contribution in [1.29, 1.82) is 0 Å². The molecule has 3 rings (SSSR count). The normalized spacial score (nSPS) is 10.7. The fraction of sp³-hybridized carbons (Fsp3) is 0.0833. The van der Waals surface area contributed by atoms with Crippen molar-refractivity contribution in [2.45, 2.75) is 5.22 Å². The average molecular weight is 274 g/mol. The molecule has 2 heterocycles. The molecule has 6 nitrogen and oxygen atoms in total. The van der Waals surface area contributed by atoms with E-state index in [1.54, 1.807) is 12.4 Å². The molecule has 0 aliphatic heterocycles. The van der Waals surface area contributed by atoms with E-state index in [0.29, 0.717) is 11.2 Å². The summed E-state index contributed by atoms with van der Waals surface area (Å²) in [5.41, 5.74) is 1.51. The highest BCUT2D eigenvalue weighted by Crippen LogP contribution is 2.22. The first-order valence-corrected chi connectivity index (χ1v) is 6.57. The molecule has 0 spiro atoms. The van der Waals surface area contributed by atoms with Crippen LogP contribution in [0.5, 0.6) is 0 Å². The Morgan fingerprint density at radius 3 is 3.11 bits per heavy atom. The molecule has 0 aliphatic rings. The molecule has 1 aromatic carbocycles. The summed E-state index contributed by atoms with van der Waals surface area (Å²) in [7, 11) is 0. The molecule has 2 aromatic heterocycles. The number of carbonyl (C=O) groups excluding carboxylic acids is 1. The van der Waals surface area contributed by atoms with E-state index in [1.807, 2.05) is 24.3 Å². The Balaban J connectivity index is 1.61. The number of amides is 1. The highest BCUT2D eigenvalue weighted by Gasteiger charge is 2.09. The van der Waals surface area contributed by atoms with Crippen LogP contribution in [0, 0.1) is 0 Å². The first kappa shape index (κ1) is 11.8. The number of thioether (sulfide) groups is 1. The molecule has 0 atom stereocenters. The number of aromatic nitrogens is 3. The van der Waals surface area contributed by atoms with Gasteiger partial charge in [0.05, 0.1) is 5.75 Å². The summed E-state index contributed by atoms with van der Waals surface area (Å²) in [6, 6.07) is 7.48. The van der Waals surface area contributed by atoms with Gasteiger partial charge in [-0.05, 0) is 12.1 Å². The number of aromatic amines is 1. The number of oxazole rings is 1. The van der Waals surface area contributed by atoms with Gasteiger partial charge in [0.25, 0.3) is 5.22 Å². The van der Waals surface area contributed by atoms with Crippen LogP contribution in [-0.4, -0.2) is 26.6 Å². The van der Waals surface area contributed by atoms with Gasteiger partial charge in [-0.3, -0.25) is 10.1 Å². The van der Waals surface area contributed by atoms with Crippen LogP contribution in [0.15, 0.2) is 46.3 Å². The number of H-pyrrole nitrogens is 1. The summed E-state index contributed by atoms with van der Waals surface area (Å²) in [6.07, 6.45) is 3.22. The van der Waals surface area contributed by atoms with Crippen molar-refractivity contribution in [3.63, 3.8) is 0 Å². The molecule has 0 saturated heterocycles. The molecule has 2 N–H and O–H groups in total. The number of hydrogen-bond donors (Lipinski definition) is 2. The zero-order chi connectivity index (χ0) is 13.1. The van der Waals surface area contributed by atoms with Gasteiger partial charge in [0.2, 0.25) is 11.9 Å². The van der Waals surface area contributed by atoms with Crippen LogP contribution in [0.1, 0.15) is 0 Å². The van der Waals surface area contributed by atoms with Gasteiger partial charge in [-0.2, -0.15) is 0 Å². The van der Waals surface area contributed by atoms with E-state index in [-0.39, 0.29) is 11.7 Å². The van der Waals surface area contributed by atoms with Crippen LogP contribution in [0.4, 0.5) is 5.95 Å². The van der Waals surface area contributed by atoms with Gasteiger partial charge in [0.1, 0.15) is 5.52 Å². The number of nitrogens with one attached hydrogen (secondary N) is 2. The molecule has 19 heavy (non-hydrogen) atoms. The van der Waals surface area contributed by atoms with E-state index in [9.17, 15) is 4.79 Å². The number of benzene rings is 1. The second-order valence-electron chi connectivity index (χ2n) is 3.72. The Morgan fingerprint density at radius 1 is 1.42 bits per heavy atom. The Morgan fingerprint density at radius 2 is 2.32 bits per heavy atom. The molecule has 0 aliphatic carbocycles. The third-order valence-corrected chi connectivity index (χ3v) is 3.19. The highest BCUT2D eigenvalue weighted by molar-refractivity contribution is 7.99. The molecular weight excluding hydrogens is 264 g/mol. The lowest BCUT2D eigenvalue weighted by Crippen LogP contribution is -2.14. The third-order valence-electron chi connectivity index (χ3n) is 2.36. The van der Waals surface area contributed by atoms with Crippen LogP contribution in [-0.2, 0) is 4.79 Å². The number of para-hydroxylation sites is 2. The van der Waals surface area contributed by atoms with Crippen LogP contribution in [0.2, 0.25) is 0 Å². The molecule has 0 radical (unpaired) electrons. The van der Waals surface area contributed by atoms with E-state index in [1.165, 1.54) is 11.8 Å². The standard InChI is InChI=1S/C12H10N4O2S/c17-10(16-11-13-5-6-14-11)7-19-12-15-8-3-1-2-4-9(8)18-12/h1-6H,7H2,(H2,13,14,16,17). The number of imidazole rings is 1. The maximum atomic E-state index is 11.6. The van der Waals surface area contributed by atoms with E-state index in [4.69, 9.17) is 4.42 Å². The van der Waals surface area contributed by atoms with Crippen LogP contribution in [0.3, 0.4) is 0 Å². The summed E-state index contributed by atoms with van der Waals surface area (Å²) in [6.45, 7) is 0. The van der Waals surface area contributed by atoms with Gasteiger partial charge in [0, 0.05) is 12.4 Å². The molecule has 1 amide bonds. The second kappa shape index (κ2) is 5.15. The minimum atomic E-state index is -0.165. The minimum Gasteiger partial charge on any atom is -0.431 e. The van der Waals surface area contributed by atoms with Gasteiger partial charge < -0.3 is 9.40 Å². The van der Waals surface area contributed by atoms with Crippen molar-refractivity contribution in [3.8, 4) is 0 Å². The lowest BCUT2D eigenvalue weighted by molar-refractivity contribution is -0.113. The van der Waals surface area contributed by atoms with E-state index < -0.39 is 0 Å². The zero-order valence-electron chi connectivity index (χ0n) is 9.79. The quantitative estimate of drug-likeness (QED) is 0.713. The smallest absolute Gasteiger partial charge is 0.257 e. The van der Waals surface area contributed by atoms with Crippen LogP contribution < -0.4 is 5.32 Å². The topological polar surface area (TPSA) is 83.8 Å². The monoisotopic (exact) mass is 274 g/mol. The highest BCUT2D eigenvalue weighted by atomic mass is 32.2. The molecular formula is C12H10N4O2S. The van der Waals surface area contributed by atoms with E-state index >= 15 is 0 Å². The molecule has 96 valence electrons. The number of hydrogen-bond acceptors (Lipinski definition) is 5. The first-order valence-electron chi connectivity index (χ1n) is 5.59. The zero-order valence-corrected chi connectivity index (χ0v) is 10.6. The molecule has 0 unspecified atom stereocenters. The SMILES string of the molecule is O=C(CSc1nc2ccccc2o1)Nc1ncc[nH]1. The number of anilines is 1. The Labute approximate surface area is 112 Å². The van der Waals surface area contributed by atoms with Gasteiger partial charge in [0.15, 0.2) is 5.58 Å². The van der Waals surface area contributed by atoms with Gasteiger partial charge >= 0.3 is 0 Å². The summed E-state index contributed by atoms with van der Waals surface area (Å²) in [4.78, 5) is 22.6. The summed E-state index contributed by atoms with van der Waals surface area (Å²) < 4.78 is 5.50. The average Bonchev–Trinajstić information content (AvgIpc) is 3.04. The van der Waals surface area contributed by atoms with E-state index in [2.05, 4.69) is 20.3 Å². The largest absolute Gasteiger partial charge is 0.431 e. The Hall–Kier alpha value is -2.28. The number of nitrogens with zero attached hydrogens (tertiary/aromatic N) is 2. The van der Waals surface area contributed by atoms with Crippen LogP contribution in [0.25, 0.3) is 11.1 Å². The van der Waals surface area contributed by atoms with Crippen molar-refractivity contribution in [1.82, 2.24) is 15.0 Å². The summed E-state index contributed by atoms with van der Waals surface area (Å²) in [5.74, 6) is 0.485. The maximum absolute atomic E-state index is 11.6. The molecule has 3 aromatic rings. The lowest BCUT2D eigenvalue weighted by Gasteiger charge is -1.98. The summed E-state index contributed by atoms with van der Waals surface area (Å²) in [5, 5.41) is 3.11. The number of fused-ring (bicyclic) bond motifs is 1. The Bertz CT molecular complexity index is 660. The number of rotatable bonds is 4. The van der Waals surface area contributed by atoms with Gasteiger partial charge in [-0.1, -0.05) is 23.9 Å². The van der Waals surface area contributed by atoms with Crippen molar-refractivity contribution < 1.29 is 9.21 Å². The van der Waals surface area contributed by atoms with Crippen LogP contribution >= 0.6 is 11.8 Å². The molecule has 0 saturated carbocycles. The summed E-state index contributed by atoms with van der Waals surface area (Å²) >= 11 is 1.24. The van der Waals surface area contributed by atoms with Gasteiger partial charge in [-0.15, -0.1) is 0 Å². The fourth-order valence-corrected chi connectivity index (χ4v) is 2.18. The minimum absolute atomic E-state index is 0.165. The molecule has 0 fully saturated rings. The Kier molecular flexibility index (Phi) is 3.20. The van der Waals surface area contributed by atoms with Crippen molar-refractivity contribution in [3.05, 3.63) is 36.7 Å². The predicted octanol–water partition coefficient (Wildman–Crippen LogP) is 2.28. The lowest BCUT2D eigenvalue weighted by atomic mass is 10.3. The number of carbonyl (C=O) groups is 1. The third kappa shape index (κ3) is 2.76. The van der Waals surface area contributed by atoms with Gasteiger partial charge in [-0.25, -0.2) is 9.97 Å². The fourth-order valence-electron chi connectivity index (χ4n) is 1.54. The van der Waals surface area contributed by atoms with Crippen molar-refractivity contribution >= 4 is 34.7 Å².